The fourth-order valence-corrected chi connectivity index (χ4v) is 9.27. The molecule has 0 nitrogen and oxygen atoms in total. The molecule has 0 spiro atoms. The average Bonchev–Trinajstić information content (AvgIpc) is 3.74. The Morgan fingerprint density at radius 1 is 0.614 bits per heavy atom. The van der Waals surface area contributed by atoms with Crippen molar-refractivity contribution in [2.24, 2.45) is 0 Å². The van der Waals surface area contributed by atoms with Crippen LogP contribution in [0.1, 0.15) is 26.4 Å². The first kappa shape index (κ1) is 31.2. The van der Waals surface area contributed by atoms with Gasteiger partial charge >= 0.3 is 23.9 Å². The Bertz CT molecular complexity index is 1930. The van der Waals surface area contributed by atoms with Crippen molar-refractivity contribution in [3.05, 3.63) is 87.1 Å². The van der Waals surface area contributed by atoms with E-state index in [0.717, 1.165) is 61.6 Å². The molecule has 4 heterocycles. The van der Waals surface area contributed by atoms with Gasteiger partial charge in [-0.2, -0.15) is 50.9 Å². The summed E-state index contributed by atoms with van der Waals surface area (Å²) in [5, 5.41) is 0. The maximum Gasteiger partial charge on any atom is 0.416 e. The van der Waals surface area contributed by atoms with Gasteiger partial charge in [0.05, 0.1) is 5.56 Å². The second-order valence-corrected chi connectivity index (χ2v) is 15.2. The summed E-state index contributed by atoms with van der Waals surface area (Å²) in [7, 11) is 1.29. The van der Waals surface area contributed by atoms with Crippen molar-refractivity contribution in [3.63, 3.8) is 0 Å². The Hall–Kier alpha value is -2.81. The molecule has 228 valence electrons. The molecule has 1 aliphatic carbocycles. The highest BCUT2D eigenvalue weighted by Crippen LogP contribution is 2.65. The van der Waals surface area contributed by atoms with Crippen molar-refractivity contribution in [2.45, 2.75) is 37.8 Å². The number of thiophene rings is 4. The second-order valence-electron chi connectivity index (χ2n) is 10.3. The molecule has 0 aliphatic heterocycles. The van der Waals surface area contributed by atoms with Crippen molar-refractivity contribution in [1.29, 1.82) is 0 Å². The van der Waals surface area contributed by atoms with Crippen LogP contribution in [-0.4, -0.2) is 25.6 Å². The number of rotatable bonds is 5. The lowest BCUT2D eigenvalue weighted by atomic mass is 9.90. The Kier molecular flexibility index (Phi) is 7.35. The Labute approximate surface area is 262 Å². The van der Waals surface area contributed by atoms with Crippen LogP contribution in [-0.2, 0) is 6.18 Å². The maximum absolute atomic E-state index is 15.6. The number of benzene rings is 1. The predicted octanol–water partition coefficient (Wildman–Crippen LogP) is 10.7. The molecule has 0 fully saturated rings. The molecule has 0 bridgehead atoms. The first-order chi connectivity index (χ1) is 20.4. The Balaban J connectivity index is 1.52. The van der Waals surface area contributed by atoms with E-state index in [9.17, 15) is 13.2 Å². The minimum absolute atomic E-state index is 0.00964. The zero-order valence-electron chi connectivity index (χ0n) is 22.8. The van der Waals surface area contributed by atoms with Crippen LogP contribution < -0.4 is 4.78 Å². The molecule has 1 aromatic carbocycles. The standard InChI is InChI=1S/C30H18BF9S4/c1-13-6-7-19(41-13)20-8-9-21(43-20)23-11-17(14(2)42-23)24-25(28(34,35)30(39,40)27(24,32)33)18-12-22(44-26(18)31)15-4-3-5-16(10-15)29(36,37)38/h3-12H,31H2,1-2H3. The molecule has 14 heteroatoms. The third kappa shape index (κ3) is 4.80. The van der Waals surface area contributed by atoms with E-state index in [1.807, 2.05) is 25.1 Å². The highest BCUT2D eigenvalue weighted by molar-refractivity contribution is 7.26. The normalized spacial score (nSPS) is 17.5. The van der Waals surface area contributed by atoms with Gasteiger partial charge in [-0.05, 0) is 83.8 Å². The lowest BCUT2D eigenvalue weighted by Gasteiger charge is -2.25. The van der Waals surface area contributed by atoms with E-state index in [-0.39, 0.29) is 20.1 Å². The van der Waals surface area contributed by atoms with Gasteiger partial charge in [0.25, 0.3) is 0 Å². The number of hydrogen-bond donors (Lipinski definition) is 0. The molecule has 0 unspecified atom stereocenters. The fourth-order valence-electron chi connectivity index (χ4n) is 5.18. The van der Waals surface area contributed by atoms with Crippen LogP contribution in [0.2, 0.25) is 0 Å². The first-order valence-electron chi connectivity index (χ1n) is 12.9. The smallest absolute Gasteiger partial charge is 0.194 e. The minimum Gasteiger partial charge on any atom is -0.194 e. The summed E-state index contributed by atoms with van der Waals surface area (Å²) >= 11 is 4.72. The van der Waals surface area contributed by atoms with Crippen LogP contribution in [0.4, 0.5) is 39.5 Å². The lowest BCUT2D eigenvalue weighted by molar-refractivity contribution is -0.254. The van der Waals surface area contributed by atoms with E-state index in [4.69, 9.17) is 0 Å². The molecule has 0 saturated carbocycles. The van der Waals surface area contributed by atoms with E-state index in [0.29, 0.717) is 9.75 Å². The molecular formula is C30H18BF9S4. The van der Waals surface area contributed by atoms with Crippen molar-refractivity contribution < 1.29 is 39.5 Å². The SMILES string of the molecule is Bc1sc(-c2cccc(C(F)(F)F)c2)cc1C1=C(c2cc(-c3ccc(-c4ccc(C)s4)s3)sc2C)C(F)(F)C(F)(F)C1(F)F. The Morgan fingerprint density at radius 2 is 1.18 bits per heavy atom. The highest BCUT2D eigenvalue weighted by Gasteiger charge is 2.80. The lowest BCUT2D eigenvalue weighted by Crippen LogP contribution is -2.49. The molecule has 6 rings (SSSR count). The van der Waals surface area contributed by atoms with Gasteiger partial charge in [0.1, 0.15) is 0 Å². The van der Waals surface area contributed by atoms with Gasteiger partial charge < -0.3 is 0 Å². The third-order valence-corrected chi connectivity index (χ3v) is 12.0. The maximum atomic E-state index is 15.6. The van der Waals surface area contributed by atoms with Crippen LogP contribution in [0.3, 0.4) is 0 Å². The molecule has 0 amide bonds. The van der Waals surface area contributed by atoms with Crippen LogP contribution in [0.15, 0.2) is 60.7 Å². The molecule has 4 aromatic heterocycles. The summed E-state index contributed by atoms with van der Waals surface area (Å²) in [6, 6.07) is 13.8. The second kappa shape index (κ2) is 10.4. The van der Waals surface area contributed by atoms with Crippen LogP contribution in [0.25, 0.3) is 41.1 Å². The van der Waals surface area contributed by atoms with Crippen molar-refractivity contribution >= 4 is 69.1 Å². The van der Waals surface area contributed by atoms with Crippen molar-refractivity contribution in [2.75, 3.05) is 0 Å². The van der Waals surface area contributed by atoms with E-state index in [2.05, 4.69) is 0 Å². The number of hydrogen-bond acceptors (Lipinski definition) is 4. The highest BCUT2D eigenvalue weighted by atomic mass is 32.1. The number of alkyl halides is 9. The summed E-state index contributed by atoms with van der Waals surface area (Å²) in [4.78, 5) is 4.29. The van der Waals surface area contributed by atoms with Gasteiger partial charge in [-0.1, -0.05) is 12.1 Å². The summed E-state index contributed by atoms with van der Waals surface area (Å²) in [5.41, 5.74) is -4.99. The van der Waals surface area contributed by atoms with Crippen LogP contribution >= 0.6 is 45.3 Å². The first-order valence-corrected chi connectivity index (χ1v) is 16.1. The summed E-state index contributed by atoms with van der Waals surface area (Å²) < 4.78 is 132. The molecule has 0 radical (unpaired) electrons. The minimum atomic E-state index is -5.75. The van der Waals surface area contributed by atoms with Crippen molar-refractivity contribution in [3.8, 4) is 29.9 Å². The number of allylic oxidation sites excluding steroid dienone is 2. The monoisotopic (exact) mass is 688 g/mol. The van der Waals surface area contributed by atoms with Gasteiger partial charge in [-0.15, -0.1) is 34.0 Å². The molecule has 5 aromatic rings. The largest absolute Gasteiger partial charge is 0.416 e. The molecule has 44 heavy (non-hydrogen) atoms. The van der Waals surface area contributed by atoms with Crippen LogP contribution in [0.5, 0.6) is 0 Å². The van der Waals surface area contributed by atoms with Crippen LogP contribution in [0, 0.1) is 13.8 Å². The predicted molar refractivity (Wildman–Crippen MR) is 165 cm³/mol. The number of aryl methyl sites for hydroxylation is 2. The molecule has 0 N–H and O–H groups in total. The topological polar surface area (TPSA) is 0 Å². The van der Waals surface area contributed by atoms with E-state index < -0.39 is 51.8 Å². The van der Waals surface area contributed by atoms with E-state index in [1.165, 1.54) is 38.2 Å². The molecule has 0 saturated heterocycles. The van der Waals surface area contributed by atoms with E-state index in [1.54, 1.807) is 17.4 Å². The molecular weight excluding hydrogens is 670 g/mol. The zero-order chi connectivity index (χ0) is 32.0. The van der Waals surface area contributed by atoms with E-state index >= 15 is 26.3 Å². The molecule has 1 aliphatic rings. The number of halogens is 9. The zero-order valence-corrected chi connectivity index (χ0v) is 26.1. The average molecular weight is 689 g/mol. The van der Waals surface area contributed by atoms with Gasteiger partial charge in [0.15, 0.2) is 7.85 Å². The summed E-state index contributed by atoms with van der Waals surface area (Å²) in [6.45, 7) is 3.36. The Morgan fingerprint density at radius 3 is 1.80 bits per heavy atom. The third-order valence-electron chi connectivity index (χ3n) is 7.35. The van der Waals surface area contributed by atoms with Gasteiger partial charge in [-0.25, -0.2) is 0 Å². The van der Waals surface area contributed by atoms with Crippen molar-refractivity contribution in [1.82, 2.24) is 0 Å². The summed E-state index contributed by atoms with van der Waals surface area (Å²) in [6.07, 6.45) is -4.69. The van der Waals surface area contributed by atoms with Gasteiger partial charge in [-0.3, -0.25) is 0 Å². The van der Waals surface area contributed by atoms with Gasteiger partial charge in [0.2, 0.25) is 0 Å². The summed E-state index contributed by atoms with van der Waals surface area (Å²) in [5.74, 6) is -16.3. The van der Waals surface area contributed by atoms with Gasteiger partial charge in [0, 0.05) is 45.3 Å². The fraction of sp³-hybridized carbons (Fsp3) is 0.200. The molecule has 0 atom stereocenters. The quantitative estimate of drug-likeness (QED) is 0.127.